The molecule has 0 fully saturated rings. The second-order valence-corrected chi connectivity index (χ2v) is 5.03. The first kappa shape index (κ1) is 14.1. The van der Waals surface area contributed by atoms with E-state index in [1.807, 2.05) is 6.92 Å². The minimum Gasteiger partial charge on any atom is -0.206 e. The maximum atomic E-state index is 12.1. The van der Waals surface area contributed by atoms with E-state index < -0.39 is 15.8 Å². The molecule has 0 unspecified atom stereocenters. The van der Waals surface area contributed by atoms with Crippen molar-refractivity contribution in [1.82, 2.24) is 4.31 Å². The Hall–Kier alpha value is 0.0600. The lowest BCUT2D eigenvalue weighted by Gasteiger charge is -2.19. The maximum Gasteiger partial charge on any atom is 0.350 e. The summed E-state index contributed by atoms with van der Waals surface area (Å²) >= 11 is 5.33. The van der Waals surface area contributed by atoms with Gasteiger partial charge in [0.15, 0.2) is 0 Å². The number of hydrogen-bond acceptors (Lipinski definition) is 2. The molecule has 0 atom stereocenters. The normalized spacial score (nSPS) is 12.7. The molecule has 0 radical (unpaired) electrons. The number of nitrogens with zero attached hydrogens (tertiary/aromatic N) is 1. The van der Waals surface area contributed by atoms with Crippen LogP contribution in [-0.2, 0) is 10.0 Å². The topological polar surface area (TPSA) is 37.4 Å². The molecular formula is C7H14ClF2NO2S. The predicted octanol–water partition coefficient (Wildman–Crippen LogP) is 1.88. The summed E-state index contributed by atoms with van der Waals surface area (Å²) in [5.74, 6) is -3.34. The zero-order chi connectivity index (χ0) is 11.2. The summed E-state index contributed by atoms with van der Waals surface area (Å²) in [5.41, 5.74) is 0. The first-order chi connectivity index (χ1) is 6.46. The Morgan fingerprint density at radius 3 is 2.29 bits per heavy atom. The number of hydrogen-bond donors (Lipinski definition) is 0. The maximum absolute atomic E-state index is 12.1. The summed E-state index contributed by atoms with van der Waals surface area (Å²) in [6.45, 7) is 1.90. The fourth-order valence-corrected chi connectivity index (χ4v) is 2.17. The van der Waals surface area contributed by atoms with E-state index in [9.17, 15) is 17.2 Å². The Balaban J connectivity index is 4.47. The van der Waals surface area contributed by atoms with E-state index in [0.717, 1.165) is 10.7 Å². The Morgan fingerprint density at radius 1 is 1.36 bits per heavy atom. The molecule has 0 heterocycles. The highest BCUT2D eigenvalue weighted by molar-refractivity contribution is 7.89. The van der Waals surface area contributed by atoms with Crippen molar-refractivity contribution in [2.24, 2.45) is 0 Å². The highest BCUT2D eigenvalue weighted by Crippen LogP contribution is 2.12. The fraction of sp³-hybridized carbons (Fsp3) is 1.00. The number of sulfonamides is 1. The van der Waals surface area contributed by atoms with E-state index >= 15 is 0 Å². The number of unbranched alkanes of at least 4 members (excludes halogenated alkanes) is 1. The molecule has 0 N–H and O–H groups in total. The molecule has 0 aromatic heterocycles. The van der Waals surface area contributed by atoms with Crippen LogP contribution in [0.4, 0.5) is 8.78 Å². The molecule has 0 aromatic carbocycles. The fourth-order valence-electron chi connectivity index (χ4n) is 0.908. The van der Waals surface area contributed by atoms with Gasteiger partial charge in [0.1, 0.15) is 0 Å². The van der Waals surface area contributed by atoms with Crippen LogP contribution in [0.1, 0.15) is 19.8 Å². The molecule has 0 rings (SSSR count). The average molecular weight is 250 g/mol. The van der Waals surface area contributed by atoms with Gasteiger partial charge in [-0.25, -0.2) is 8.42 Å². The van der Waals surface area contributed by atoms with Crippen molar-refractivity contribution in [2.45, 2.75) is 25.5 Å². The highest BCUT2D eigenvalue weighted by atomic mass is 35.5. The van der Waals surface area contributed by atoms with Crippen molar-refractivity contribution in [1.29, 1.82) is 0 Å². The third-order valence-corrected chi connectivity index (χ3v) is 3.38. The second kappa shape index (κ2) is 6.53. The van der Waals surface area contributed by atoms with E-state index in [2.05, 4.69) is 0 Å². The van der Waals surface area contributed by atoms with Gasteiger partial charge in [-0.3, -0.25) is 0 Å². The first-order valence-corrected chi connectivity index (χ1v) is 6.33. The lowest BCUT2D eigenvalue weighted by Crippen LogP contribution is -2.37. The predicted molar refractivity (Wildman–Crippen MR) is 52.1 cm³/mol. The summed E-state index contributed by atoms with van der Waals surface area (Å²) < 4.78 is 47.1. The van der Waals surface area contributed by atoms with Crippen LogP contribution in [0.3, 0.4) is 0 Å². The van der Waals surface area contributed by atoms with Crippen LogP contribution in [0.25, 0.3) is 0 Å². The quantitative estimate of drug-likeness (QED) is 0.646. The summed E-state index contributed by atoms with van der Waals surface area (Å²) in [5, 5.41) is 0. The number of alkyl halides is 3. The highest BCUT2D eigenvalue weighted by Gasteiger charge is 2.30. The lowest BCUT2D eigenvalue weighted by molar-refractivity contribution is 0.219. The molecule has 0 aliphatic rings. The lowest BCUT2D eigenvalue weighted by atomic mass is 10.3. The minimum absolute atomic E-state index is 0.0235. The molecule has 0 aliphatic carbocycles. The third-order valence-electron chi connectivity index (χ3n) is 1.68. The van der Waals surface area contributed by atoms with Crippen molar-refractivity contribution in [3.63, 3.8) is 0 Å². The van der Waals surface area contributed by atoms with Crippen molar-refractivity contribution >= 4 is 21.6 Å². The van der Waals surface area contributed by atoms with Gasteiger partial charge in [0.2, 0.25) is 0 Å². The molecule has 14 heavy (non-hydrogen) atoms. The van der Waals surface area contributed by atoms with Gasteiger partial charge in [-0.15, -0.1) is 11.6 Å². The molecule has 0 spiro atoms. The summed E-state index contributed by atoms with van der Waals surface area (Å²) in [6.07, 6.45) is 1.31. The largest absolute Gasteiger partial charge is 0.350 e. The van der Waals surface area contributed by atoms with Crippen LogP contribution < -0.4 is 0 Å². The molecule has 0 saturated carbocycles. The van der Waals surface area contributed by atoms with Crippen molar-refractivity contribution < 1.29 is 17.2 Å². The van der Waals surface area contributed by atoms with E-state index in [0.29, 0.717) is 6.42 Å². The number of halogens is 3. The van der Waals surface area contributed by atoms with E-state index in [-0.39, 0.29) is 19.0 Å². The van der Waals surface area contributed by atoms with Crippen LogP contribution in [0, 0.1) is 0 Å². The Morgan fingerprint density at radius 2 is 1.93 bits per heavy atom. The molecule has 0 amide bonds. The molecule has 0 aliphatic heterocycles. The van der Waals surface area contributed by atoms with Gasteiger partial charge in [0.05, 0.1) is 0 Å². The van der Waals surface area contributed by atoms with Gasteiger partial charge >= 0.3 is 5.76 Å². The standard InChI is InChI=1S/C7H14ClF2NO2S/c1-2-3-5-11(6-4-8)14(12,13)7(9)10/h7H,2-6H2,1H3. The van der Waals surface area contributed by atoms with Crippen molar-refractivity contribution in [3.05, 3.63) is 0 Å². The summed E-state index contributed by atoms with van der Waals surface area (Å²) in [6, 6.07) is 0. The second-order valence-electron chi connectivity index (χ2n) is 2.75. The molecule has 86 valence electrons. The molecule has 0 saturated heterocycles. The van der Waals surface area contributed by atoms with Crippen LogP contribution in [0.2, 0.25) is 0 Å². The van der Waals surface area contributed by atoms with E-state index in [4.69, 9.17) is 11.6 Å². The summed E-state index contributed by atoms with van der Waals surface area (Å²) in [4.78, 5) is 0. The summed E-state index contributed by atoms with van der Waals surface area (Å²) in [7, 11) is -4.46. The molecule has 7 heteroatoms. The van der Waals surface area contributed by atoms with E-state index in [1.165, 1.54) is 0 Å². The van der Waals surface area contributed by atoms with Crippen LogP contribution in [0.5, 0.6) is 0 Å². The monoisotopic (exact) mass is 249 g/mol. The number of rotatable bonds is 7. The molecule has 3 nitrogen and oxygen atoms in total. The van der Waals surface area contributed by atoms with Crippen LogP contribution in [0.15, 0.2) is 0 Å². The van der Waals surface area contributed by atoms with Crippen LogP contribution in [-0.4, -0.2) is 37.5 Å². The Kier molecular flexibility index (Phi) is 6.55. The van der Waals surface area contributed by atoms with E-state index in [1.54, 1.807) is 0 Å². The molecule has 0 aromatic rings. The zero-order valence-corrected chi connectivity index (χ0v) is 9.49. The molecule has 0 bridgehead atoms. The molecular weight excluding hydrogens is 236 g/mol. The van der Waals surface area contributed by atoms with Gasteiger partial charge in [0.25, 0.3) is 10.0 Å². The van der Waals surface area contributed by atoms with Crippen molar-refractivity contribution in [2.75, 3.05) is 19.0 Å². The zero-order valence-electron chi connectivity index (χ0n) is 7.92. The average Bonchev–Trinajstić information content (AvgIpc) is 2.11. The van der Waals surface area contributed by atoms with Gasteiger partial charge in [-0.2, -0.15) is 13.1 Å². The first-order valence-electron chi connectivity index (χ1n) is 4.29. The van der Waals surface area contributed by atoms with Gasteiger partial charge in [-0.05, 0) is 6.42 Å². The van der Waals surface area contributed by atoms with Crippen molar-refractivity contribution in [3.8, 4) is 0 Å². The minimum atomic E-state index is -4.46. The third kappa shape index (κ3) is 4.06. The van der Waals surface area contributed by atoms with Gasteiger partial charge in [0, 0.05) is 19.0 Å². The van der Waals surface area contributed by atoms with Crippen LogP contribution >= 0.6 is 11.6 Å². The Bertz CT molecular complexity index is 246. The Labute approximate surface area is 88.1 Å². The van der Waals surface area contributed by atoms with Gasteiger partial charge < -0.3 is 0 Å². The smallest absolute Gasteiger partial charge is 0.206 e. The SMILES string of the molecule is CCCCN(CCCl)S(=O)(=O)C(F)F. The van der Waals surface area contributed by atoms with Gasteiger partial charge in [-0.1, -0.05) is 13.3 Å².